The van der Waals surface area contributed by atoms with Gasteiger partial charge in [-0.05, 0) is 42.3 Å². The molecule has 0 aliphatic carbocycles. The van der Waals surface area contributed by atoms with Gasteiger partial charge in [0.25, 0.3) is 0 Å². The lowest BCUT2D eigenvalue weighted by Crippen LogP contribution is -2.23. The molecule has 0 aliphatic rings. The highest BCUT2D eigenvalue weighted by atomic mass is 35.5. The minimum Gasteiger partial charge on any atom is -0.306 e. The predicted molar refractivity (Wildman–Crippen MR) is 83.2 cm³/mol. The van der Waals surface area contributed by atoms with Gasteiger partial charge in [-0.25, -0.2) is 0 Å². The van der Waals surface area contributed by atoms with Crippen LogP contribution in [0.1, 0.15) is 29.7 Å². The van der Waals surface area contributed by atoms with Crippen molar-refractivity contribution in [2.24, 2.45) is 0 Å². The molecule has 2 aromatic rings. The molecule has 0 aliphatic heterocycles. The molecule has 0 fully saturated rings. The van der Waals surface area contributed by atoms with Crippen LogP contribution in [0.4, 0.5) is 0 Å². The van der Waals surface area contributed by atoms with Gasteiger partial charge < -0.3 is 5.32 Å². The Morgan fingerprint density at radius 3 is 2.26 bits per heavy atom. The molecular weight excluding hydrogens is 277 g/mol. The third kappa shape index (κ3) is 3.11. The van der Waals surface area contributed by atoms with Crippen LogP contribution in [0.15, 0.2) is 42.5 Å². The zero-order valence-corrected chi connectivity index (χ0v) is 12.6. The second kappa shape index (κ2) is 6.42. The average Bonchev–Trinajstić information content (AvgIpc) is 2.41. The van der Waals surface area contributed by atoms with Gasteiger partial charge in [0.05, 0.1) is 6.04 Å². The molecule has 0 radical (unpaired) electrons. The maximum absolute atomic E-state index is 6.32. The first kappa shape index (κ1) is 14.4. The van der Waals surface area contributed by atoms with E-state index in [2.05, 4.69) is 24.4 Å². The minimum absolute atomic E-state index is 0.0670. The smallest absolute Gasteiger partial charge is 0.0594 e. The Bertz CT molecular complexity index is 566. The first-order valence-electron chi connectivity index (χ1n) is 6.38. The van der Waals surface area contributed by atoms with Crippen molar-refractivity contribution in [3.05, 3.63) is 69.2 Å². The van der Waals surface area contributed by atoms with Crippen molar-refractivity contribution in [2.75, 3.05) is 6.54 Å². The largest absolute Gasteiger partial charge is 0.306 e. The van der Waals surface area contributed by atoms with Crippen LogP contribution >= 0.6 is 23.2 Å². The number of hydrogen-bond donors (Lipinski definition) is 1. The molecule has 1 atom stereocenters. The highest BCUT2D eigenvalue weighted by Gasteiger charge is 2.18. The lowest BCUT2D eigenvalue weighted by molar-refractivity contribution is 0.628. The molecule has 0 saturated heterocycles. The van der Waals surface area contributed by atoms with Crippen molar-refractivity contribution in [3.63, 3.8) is 0 Å². The van der Waals surface area contributed by atoms with E-state index in [1.54, 1.807) is 0 Å². The summed E-state index contributed by atoms with van der Waals surface area (Å²) in [5.41, 5.74) is 3.34. The van der Waals surface area contributed by atoms with Crippen LogP contribution in [0, 0.1) is 6.92 Å². The topological polar surface area (TPSA) is 12.0 Å². The molecule has 0 bridgehead atoms. The summed E-state index contributed by atoms with van der Waals surface area (Å²) in [6.45, 7) is 4.99. The number of benzene rings is 2. The number of nitrogens with one attached hydrogen (secondary N) is 1. The van der Waals surface area contributed by atoms with Crippen LogP contribution < -0.4 is 5.32 Å². The van der Waals surface area contributed by atoms with Crippen molar-refractivity contribution in [3.8, 4) is 0 Å². The lowest BCUT2D eigenvalue weighted by Gasteiger charge is -2.22. The lowest BCUT2D eigenvalue weighted by atomic mass is 9.95. The highest BCUT2D eigenvalue weighted by molar-refractivity contribution is 6.32. The zero-order valence-electron chi connectivity index (χ0n) is 11.1. The summed E-state index contributed by atoms with van der Waals surface area (Å²) < 4.78 is 0. The standard InChI is InChI=1S/C16H17Cl2N/c1-3-19-16(13-7-4-5-9-15(13)18)12-8-6-10-14(17)11(12)2/h4-10,16,19H,3H2,1-2H3. The van der Waals surface area contributed by atoms with Gasteiger partial charge in [0.15, 0.2) is 0 Å². The first-order chi connectivity index (χ1) is 9.15. The van der Waals surface area contributed by atoms with Gasteiger partial charge in [0, 0.05) is 10.0 Å². The fourth-order valence-corrected chi connectivity index (χ4v) is 2.66. The van der Waals surface area contributed by atoms with Gasteiger partial charge >= 0.3 is 0 Å². The van der Waals surface area contributed by atoms with Gasteiger partial charge in [0.1, 0.15) is 0 Å². The van der Waals surface area contributed by atoms with Gasteiger partial charge in [-0.15, -0.1) is 0 Å². The third-order valence-electron chi connectivity index (χ3n) is 3.25. The van der Waals surface area contributed by atoms with Crippen LogP contribution in [-0.4, -0.2) is 6.54 Å². The molecule has 0 spiro atoms. The molecule has 0 heterocycles. The molecule has 19 heavy (non-hydrogen) atoms. The quantitative estimate of drug-likeness (QED) is 0.836. The summed E-state index contributed by atoms with van der Waals surface area (Å²) in [6, 6.07) is 14.0. The average molecular weight is 294 g/mol. The van der Waals surface area contributed by atoms with Crippen molar-refractivity contribution in [1.29, 1.82) is 0 Å². The molecule has 1 N–H and O–H groups in total. The van der Waals surface area contributed by atoms with E-state index < -0.39 is 0 Å². The van der Waals surface area contributed by atoms with Crippen LogP contribution in [-0.2, 0) is 0 Å². The third-order valence-corrected chi connectivity index (χ3v) is 4.00. The van der Waals surface area contributed by atoms with Gasteiger partial charge in [0.2, 0.25) is 0 Å². The monoisotopic (exact) mass is 293 g/mol. The molecule has 0 saturated carbocycles. The van der Waals surface area contributed by atoms with E-state index in [1.165, 1.54) is 5.56 Å². The summed E-state index contributed by atoms with van der Waals surface area (Å²) in [7, 11) is 0. The molecule has 0 aromatic heterocycles. The van der Waals surface area contributed by atoms with E-state index in [4.69, 9.17) is 23.2 Å². The molecule has 1 unspecified atom stereocenters. The number of rotatable bonds is 4. The normalized spacial score (nSPS) is 12.4. The molecule has 100 valence electrons. The Morgan fingerprint density at radius 1 is 0.947 bits per heavy atom. The molecular formula is C16H17Cl2N. The van der Waals surface area contributed by atoms with Gasteiger partial charge in [-0.2, -0.15) is 0 Å². The molecule has 0 amide bonds. The Hall–Kier alpha value is -1.02. The van der Waals surface area contributed by atoms with Crippen molar-refractivity contribution >= 4 is 23.2 Å². The number of halogens is 2. The second-order valence-corrected chi connectivity index (χ2v) is 5.28. The summed E-state index contributed by atoms with van der Waals surface area (Å²) in [6.07, 6.45) is 0. The fourth-order valence-electron chi connectivity index (χ4n) is 2.24. The van der Waals surface area contributed by atoms with Crippen molar-refractivity contribution in [1.82, 2.24) is 5.32 Å². The SMILES string of the molecule is CCNC(c1ccccc1Cl)c1cccc(Cl)c1C. The van der Waals surface area contributed by atoms with Gasteiger partial charge in [-0.3, -0.25) is 0 Å². The van der Waals surface area contributed by atoms with Crippen LogP contribution in [0.2, 0.25) is 10.0 Å². The molecule has 1 nitrogen and oxygen atoms in total. The Morgan fingerprint density at radius 2 is 1.58 bits per heavy atom. The zero-order chi connectivity index (χ0) is 13.8. The fraction of sp³-hybridized carbons (Fsp3) is 0.250. The minimum atomic E-state index is 0.0670. The summed E-state index contributed by atoms with van der Waals surface area (Å²) in [5.74, 6) is 0. The van der Waals surface area contributed by atoms with E-state index >= 15 is 0 Å². The van der Waals surface area contributed by atoms with E-state index in [-0.39, 0.29) is 6.04 Å². The maximum atomic E-state index is 6.32. The van der Waals surface area contributed by atoms with E-state index in [0.29, 0.717) is 0 Å². The Labute approximate surface area is 124 Å². The number of hydrogen-bond acceptors (Lipinski definition) is 1. The van der Waals surface area contributed by atoms with Crippen LogP contribution in [0.5, 0.6) is 0 Å². The van der Waals surface area contributed by atoms with E-state index in [0.717, 1.165) is 27.7 Å². The van der Waals surface area contributed by atoms with Crippen LogP contribution in [0.3, 0.4) is 0 Å². The molecule has 2 rings (SSSR count). The summed E-state index contributed by atoms with van der Waals surface area (Å²) in [4.78, 5) is 0. The maximum Gasteiger partial charge on any atom is 0.0594 e. The van der Waals surface area contributed by atoms with E-state index in [9.17, 15) is 0 Å². The van der Waals surface area contributed by atoms with Crippen molar-refractivity contribution in [2.45, 2.75) is 19.9 Å². The van der Waals surface area contributed by atoms with Gasteiger partial charge in [-0.1, -0.05) is 60.5 Å². The summed E-state index contributed by atoms with van der Waals surface area (Å²) >= 11 is 12.5. The first-order valence-corrected chi connectivity index (χ1v) is 7.13. The van der Waals surface area contributed by atoms with E-state index in [1.807, 2.05) is 37.3 Å². The molecule has 2 aromatic carbocycles. The Balaban J connectivity index is 2.52. The molecule has 3 heteroatoms. The Kier molecular flexibility index (Phi) is 4.87. The predicted octanol–water partition coefficient (Wildman–Crippen LogP) is 5.00. The van der Waals surface area contributed by atoms with Crippen molar-refractivity contribution < 1.29 is 0 Å². The second-order valence-electron chi connectivity index (χ2n) is 4.47. The van der Waals surface area contributed by atoms with Crippen LogP contribution in [0.25, 0.3) is 0 Å². The summed E-state index contributed by atoms with van der Waals surface area (Å²) in [5, 5.41) is 5.04. The highest BCUT2D eigenvalue weighted by Crippen LogP contribution is 2.32.